The van der Waals surface area contributed by atoms with E-state index in [1.54, 1.807) is 42.6 Å². The highest BCUT2D eigenvalue weighted by Gasteiger charge is 2.22. The Kier molecular flexibility index (Phi) is 5.70. The molecule has 2 heterocycles. The molecule has 2 aromatic heterocycles. The predicted octanol–water partition coefficient (Wildman–Crippen LogP) is 2.54. The molecule has 8 heteroatoms. The number of hydrogen-bond donors (Lipinski definition) is 1. The van der Waals surface area contributed by atoms with Crippen LogP contribution < -0.4 is 9.62 Å². The smallest absolute Gasteiger partial charge is 0.264 e. The number of carbonyl (C=O) groups excluding carboxylic acids is 1. The summed E-state index contributed by atoms with van der Waals surface area (Å²) in [4.78, 5) is 20.7. The van der Waals surface area contributed by atoms with Gasteiger partial charge in [0.25, 0.3) is 15.9 Å². The van der Waals surface area contributed by atoms with Gasteiger partial charge in [-0.1, -0.05) is 23.8 Å². The Labute approximate surface area is 164 Å². The summed E-state index contributed by atoms with van der Waals surface area (Å²) in [6.45, 7) is 2.15. The van der Waals surface area contributed by atoms with Crippen LogP contribution in [-0.4, -0.2) is 31.3 Å². The third kappa shape index (κ3) is 4.34. The van der Waals surface area contributed by atoms with Gasteiger partial charge in [-0.15, -0.1) is 0 Å². The van der Waals surface area contributed by atoms with Gasteiger partial charge in [-0.05, 0) is 37.3 Å². The predicted molar refractivity (Wildman–Crippen MR) is 106 cm³/mol. The molecule has 0 bridgehead atoms. The molecule has 0 atom stereocenters. The lowest BCUT2D eigenvalue weighted by molar-refractivity contribution is 0.0950. The first-order chi connectivity index (χ1) is 13.4. The lowest BCUT2D eigenvalue weighted by Gasteiger charge is -2.19. The van der Waals surface area contributed by atoms with Gasteiger partial charge in [-0.3, -0.25) is 19.1 Å². The summed E-state index contributed by atoms with van der Waals surface area (Å²) >= 11 is 0. The number of pyridine rings is 2. The number of nitrogens with zero attached hydrogens (tertiary/aromatic N) is 3. The van der Waals surface area contributed by atoms with Crippen LogP contribution >= 0.6 is 0 Å². The zero-order valence-electron chi connectivity index (χ0n) is 15.5. The molecule has 1 aromatic carbocycles. The second-order valence-electron chi connectivity index (χ2n) is 6.22. The van der Waals surface area contributed by atoms with Crippen LogP contribution in [0.4, 0.5) is 5.69 Å². The quantitative estimate of drug-likeness (QED) is 0.691. The Morgan fingerprint density at radius 3 is 2.54 bits per heavy atom. The summed E-state index contributed by atoms with van der Waals surface area (Å²) in [7, 11) is -2.32. The molecule has 7 nitrogen and oxygen atoms in total. The molecule has 0 spiro atoms. The Hall–Kier alpha value is -3.26. The molecule has 0 saturated carbocycles. The number of amides is 1. The van der Waals surface area contributed by atoms with Gasteiger partial charge >= 0.3 is 0 Å². The number of benzene rings is 1. The highest BCUT2D eigenvalue weighted by molar-refractivity contribution is 7.92. The Balaban J connectivity index is 1.78. The van der Waals surface area contributed by atoms with E-state index in [1.165, 1.54) is 25.5 Å². The summed E-state index contributed by atoms with van der Waals surface area (Å²) in [5.74, 6) is -0.360. The molecule has 0 aliphatic heterocycles. The molecule has 0 fully saturated rings. The zero-order chi connectivity index (χ0) is 20.1. The molecule has 1 N–H and O–H groups in total. The van der Waals surface area contributed by atoms with Crippen molar-refractivity contribution in [1.29, 1.82) is 0 Å². The number of sulfonamides is 1. The van der Waals surface area contributed by atoms with Crippen molar-refractivity contribution in [3.8, 4) is 0 Å². The van der Waals surface area contributed by atoms with E-state index in [2.05, 4.69) is 15.3 Å². The van der Waals surface area contributed by atoms with E-state index in [0.29, 0.717) is 5.69 Å². The molecular weight excluding hydrogens is 376 g/mol. The summed E-state index contributed by atoms with van der Waals surface area (Å²) in [5.41, 5.74) is 2.25. The van der Waals surface area contributed by atoms with Gasteiger partial charge in [-0.25, -0.2) is 8.42 Å². The average Bonchev–Trinajstić information content (AvgIpc) is 2.72. The third-order valence-corrected chi connectivity index (χ3v) is 5.98. The number of anilines is 1. The number of carbonyl (C=O) groups is 1. The highest BCUT2D eigenvalue weighted by atomic mass is 32.2. The fraction of sp³-hybridized carbons (Fsp3) is 0.150. The zero-order valence-corrected chi connectivity index (χ0v) is 16.3. The van der Waals surface area contributed by atoms with Crippen molar-refractivity contribution in [3.63, 3.8) is 0 Å². The van der Waals surface area contributed by atoms with E-state index < -0.39 is 10.0 Å². The molecule has 3 rings (SSSR count). The number of aromatic nitrogens is 2. The van der Waals surface area contributed by atoms with E-state index in [4.69, 9.17) is 0 Å². The SMILES string of the molecule is Cc1ccc(S(=O)(=O)N(C)c2cncc(C(=O)NCc3ccccn3)c2)cc1. The van der Waals surface area contributed by atoms with Gasteiger partial charge in [0.1, 0.15) is 0 Å². The number of nitrogens with one attached hydrogen (secondary N) is 1. The minimum absolute atomic E-state index is 0.172. The van der Waals surface area contributed by atoms with Crippen LogP contribution in [0.25, 0.3) is 0 Å². The largest absolute Gasteiger partial charge is 0.346 e. The Morgan fingerprint density at radius 1 is 1.11 bits per heavy atom. The first-order valence-electron chi connectivity index (χ1n) is 8.57. The topological polar surface area (TPSA) is 92.3 Å². The maximum absolute atomic E-state index is 12.8. The second kappa shape index (κ2) is 8.18. The van der Waals surface area contributed by atoms with Crippen molar-refractivity contribution in [2.75, 3.05) is 11.4 Å². The molecule has 28 heavy (non-hydrogen) atoms. The van der Waals surface area contributed by atoms with Gasteiger partial charge in [0.15, 0.2) is 0 Å². The van der Waals surface area contributed by atoms with Crippen LogP contribution in [0.3, 0.4) is 0 Å². The normalized spacial score (nSPS) is 11.1. The van der Waals surface area contributed by atoms with E-state index in [0.717, 1.165) is 15.6 Å². The molecule has 0 aliphatic carbocycles. The van der Waals surface area contributed by atoms with Crippen LogP contribution in [0.5, 0.6) is 0 Å². The third-order valence-electron chi connectivity index (χ3n) is 4.19. The molecule has 0 radical (unpaired) electrons. The van der Waals surface area contributed by atoms with E-state index >= 15 is 0 Å². The molecular formula is C20H20N4O3S. The van der Waals surface area contributed by atoms with Crippen LogP contribution in [0, 0.1) is 6.92 Å². The van der Waals surface area contributed by atoms with Gasteiger partial charge < -0.3 is 5.32 Å². The second-order valence-corrected chi connectivity index (χ2v) is 8.19. The van der Waals surface area contributed by atoms with E-state index in [1.807, 2.05) is 13.0 Å². The van der Waals surface area contributed by atoms with Crippen molar-refractivity contribution in [1.82, 2.24) is 15.3 Å². The molecule has 0 saturated heterocycles. The van der Waals surface area contributed by atoms with Crippen molar-refractivity contribution < 1.29 is 13.2 Å². The average molecular weight is 396 g/mol. The summed E-state index contributed by atoms with van der Waals surface area (Å²) in [6.07, 6.45) is 4.44. The maximum Gasteiger partial charge on any atom is 0.264 e. The first kappa shape index (κ1) is 19.5. The first-order valence-corrected chi connectivity index (χ1v) is 10.0. The van der Waals surface area contributed by atoms with Gasteiger partial charge in [0, 0.05) is 19.4 Å². The summed E-state index contributed by atoms with van der Waals surface area (Å²) in [5, 5.41) is 2.75. The van der Waals surface area contributed by atoms with Crippen molar-refractivity contribution in [2.45, 2.75) is 18.4 Å². The van der Waals surface area contributed by atoms with Crippen LogP contribution in [0.2, 0.25) is 0 Å². The van der Waals surface area contributed by atoms with Gasteiger partial charge in [0.05, 0.1) is 34.6 Å². The summed E-state index contributed by atoms with van der Waals surface area (Å²) in [6, 6.07) is 13.5. The number of rotatable bonds is 6. The van der Waals surface area contributed by atoms with Gasteiger partial charge in [0.2, 0.25) is 0 Å². The number of hydrogen-bond acceptors (Lipinski definition) is 5. The minimum Gasteiger partial charge on any atom is -0.346 e. The van der Waals surface area contributed by atoms with E-state index in [9.17, 15) is 13.2 Å². The maximum atomic E-state index is 12.8. The monoisotopic (exact) mass is 396 g/mol. The molecule has 3 aromatic rings. The van der Waals surface area contributed by atoms with Crippen molar-refractivity contribution >= 4 is 21.6 Å². The molecule has 144 valence electrons. The molecule has 0 aliphatic rings. The minimum atomic E-state index is -3.75. The fourth-order valence-electron chi connectivity index (χ4n) is 2.51. The van der Waals surface area contributed by atoms with Crippen molar-refractivity contribution in [3.05, 3.63) is 83.9 Å². The number of aryl methyl sites for hydroxylation is 1. The van der Waals surface area contributed by atoms with Crippen molar-refractivity contribution in [2.24, 2.45) is 0 Å². The lowest BCUT2D eigenvalue weighted by Crippen LogP contribution is -2.28. The standard InChI is InChI=1S/C20H20N4O3S/c1-15-6-8-19(9-7-15)28(26,27)24(2)18-11-16(12-21-14-18)20(25)23-13-17-5-3-4-10-22-17/h3-12,14H,13H2,1-2H3,(H,23,25). The van der Waals surface area contributed by atoms with E-state index in [-0.39, 0.29) is 22.9 Å². The summed E-state index contributed by atoms with van der Waals surface area (Å²) < 4.78 is 26.8. The van der Waals surface area contributed by atoms with Crippen LogP contribution in [0.15, 0.2) is 72.0 Å². The molecule has 0 unspecified atom stereocenters. The van der Waals surface area contributed by atoms with Gasteiger partial charge in [-0.2, -0.15) is 0 Å². The Morgan fingerprint density at radius 2 is 1.86 bits per heavy atom. The lowest BCUT2D eigenvalue weighted by atomic mass is 10.2. The highest BCUT2D eigenvalue weighted by Crippen LogP contribution is 2.22. The van der Waals surface area contributed by atoms with Crippen LogP contribution in [0.1, 0.15) is 21.6 Å². The Bertz CT molecular complexity index is 1070. The van der Waals surface area contributed by atoms with Crippen LogP contribution in [-0.2, 0) is 16.6 Å². The fourth-order valence-corrected chi connectivity index (χ4v) is 3.68. The molecule has 1 amide bonds.